The molecule has 3 aromatic rings. The lowest BCUT2D eigenvalue weighted by Gasteiger charge is -2.49. The minimum atomic E-state index is -0.963. The zero-order valence-electron chi connectivity index (χ0n) is 21.5. The van der Waals surface area contributed by atoms with Crippen molar-refractivity contribution in [3.8, 4) is 11.5 Å². The maximum absolute atomic E-state index is 14.4. The summed E-state index contributed by atoms with van der Waals surface area (Å²) >= 11 is 6.12. The third kappa shape index (κ3) is 3.92. The number of halogens is 1. The largest absolute Gasteiger partial charge is 0.493 e. The van der Waals surface area contributed by atoms with Gasteiger partial charge in [0, 0.05) is 30.7 Å². The number of fused-ring (bicyclic) bond motifs is 3. The van der Waals surface area contributed by atoms with Crippen LogP contribution in [-0.2, 0) is 17.8 Å². The van der Waals surface area contributed by atoms with Crippen LogP contribution in [0.4, 0.5) is 10.5 Å². The van der Waals surface area contributed by atoms with E-state index < -0.39 is 5.54 Å². The maximum atomic E-state index is 14.4. The topological polar surface area (TPSA) is 62.3 Å². The number of hydrogen-bond donors (Lipinski definition) is 0. The molecule has 8 heteroatoms. The van der Waals surface area contributed by atoms with Crippen molar-refractivity contribution in [2.45, 2.75) is 37.4 Å². The van der Waals surface area contributed by atoms with Gasteiger partial charge in [0.25, 0.3) is 5.91 Å². The van der Waals surface area contributed by atoms with Crippen LogP contribution < -0.4 is 14.4 Å². The highest BCUT2D eigenvalue weighted by molar-refractivity contribution is 6.31. The van der Waals surface area contributed by atoms with Gasteiger partial charge in [0.2, 0.25) is 0 Å². The molecular weight excluding hydrogens is 502 g/mol. The van der Waals surface area contributed by atoms with Gasteiger partial charge in [-0.15, -0.1) is 0 Å². The Balaban J connectivity index is 1.43. The summed E-state index contributed by atoms with van der Waals surface area (Å²) in [7, 11) is 3.28. The van der Waals surface area contributed by atoms with Crippen molar-refractivity contribution in [3.63, 3.8) is 0 Å². The molecular formula is C30H30ClN3O4. The highest BCUT2D eigenvalue weighted by atomic mass is 35.5. The van der Waals surface area contributed by atoms with Crippen LogP contribution in [0.3, 0.4) is 0 Å². The molecule has 3 heterocycles. The molecule has 3 amide bonds. The second kappa shape index (κ2) is 9.64. The summed E-state index contributed by atoms with van der Waals surface area (Å²) in [5.74, 6) is 1.20. The van der Waals surface area contributed by atoms with E-state index in [0.717, 1.165) is 30.6 Å². The van der Waals surface area contributed by atoms with E-state index in [-0.39, 0.29) is 18.0 Å². The number of hydrogen-bond acceptors (Lipinski definition) is 5. The van der Waals surface area contributed by atoms with Gasteiger partial charge in [-0.2, -0.15) is 0 Å². The molecule has 3 aliphatic rings. The zero-order valence-corrected chi connectivity index (χ0v) is 22.3. The number of piperidine rings is 1. The van der Waals surface area contributed by atoms with Crippen molar-refractivity contribution in [3.05, 3.63) is 88.4 Å². The average molecular weight is 532 g/mol. The fourth-order valence-electron chi connectivity index (χ4n) is 6.29. The predicted octanol–water partition coefficient (Wildman–Crippen LogP) is 5.46. The fourth-order valence-corrected chi connectivity index (χ4v) is 6.42. The van der Waals surface area contributed by atoms with Crippen molar-refractivity contribution in [1.29, 1.82) is 0 Å². The molecule has 1 spiro atoms. The van der Waals surface area contributed by atoms with Crippen LogP contribution in [0.25, 0.3) is 0 Å². The molecule has 3 aliphatic heterocycles. The number of amides is 3. The minimum absolute atomic E-state index is 0.0208. The van der Waals surface area contributed by atoms with Gasteiger partial charge in [-0.25, -0.2) is 9.69 Å². The quantitative estimate of drug-likeness (QED) is 0.409. The third-order valence-electron chi connectivity index (χ3n) is 8.27. The standard InChI is InChI=1S/C30H30ClN3O4/c1-37-26-16-21-12-14-32-15-13-30(18-25(32)24(21)17-27(26)38-2)28(35)34(23-10-8-22(31)9-11-23)29(36)33(30)19-20-6-4-3-5-7-20/h3-11,16-17,25H,12-15,18-19H2,1-2H3/t25-,30+/m0/s1. The van der Waals surface area contributed by atoms with E-state index in [4.69, 9.17) is 21.1 Å². The molecule has 0 N–H and O–H groups in total. The molecule has 6 rings (SSSR count). The van der Waals surface area contributed by atoms with Crippen LogP contribution >= 0.6 is 11.6 Å². The van der Waals surface area contributed by atoms with Crippen molar-refractivity contribution >= 4 is 29.2 Å². The Morgan fingerprint density at radius 1 is 0.947 bits per heavy atom. The fraction of sp³-hybridized carbons (Fsp3) is 0.333. The molecule has 0 aliphatic carbocycles. The van der Waals surface area contributed by atoms with Gasteiger partial charge < -0.3 is 14.4 Å². The monoisotopic (exact) mass is 531 g/mol. The molecule has 2 fully saturated rings. The van der Waals surface area contributed by atoms with E-state index in [2.05, 4.69) is 11.0 Å². The number of methoxy groups -OCH3 is 2. The van der Waals surface area contributed by atoms with E-state index in [9.17, 15) is 9.59 Å². The second-order valence-corrected chi connectivity index (χ2v) is 10.6. The van der Waals surface area contributed by atoms with Crippen molar-refractivity contribution in [2.24, 2.45) is 0 Å². The molecule has 7 nitrogen and oxygen atoms in total. The molecule has 38 heavy (non-hydrogen) atoms. The Morgan fingerprint density at radius 3 is 2.37 bits per heavy atom. The summed E-state index contributed by atoms with van der Waals surface area (Å²) in [4.78, 5) is 33.9. The van der Waals surface area contributed by atoms with Crippen LogP contribution in [0.1, 0.15) is 35.6 Å². The summed E-state index contributed by atoms with van der Waals surface area (Å²) in [5, 5.41) is 0.556. The van der Waals surface area contributed by atoms with Crippen molar-refractivity contribution < 1.29 is 19.1 Å². The zero-order chi connectivity index (χ0) is 26.4. The third-order valence-corrected chi connectivity index (χ3v) is 8.52. The number of carbonyl (C=O) groups is 2. The maximum Gasteiger partial charge on any atom is 0.332 e. The van der Waals surface area contributed by atoms with E-state index in [1.807, 2.05) is 36.4 Å². The number of ether oxygens (including phenoxy) is 2. The van der Waals surface area contributed by atoms with Gasteiger partial charge in [-0.05, 0) is 72.4 Å². The smallest absolute Gasteiger partial charge is 0.332 e. The van der Waals surface area contributed by atoms with Crippen molar-refractivity contribution in [2.75, 3.05) is 32.2 Å². The number of carbonyl (C=O) groups excluding carboxylic acids is 2. The summed E-state index contributed by atoms with van der Waals surface area (Å²) in [6.45, 7) is 1.98. The minimum Gasteiger partial charge on any atom is -0.493 e. The second-order valence-electron chi connectivity index (χ2n) is 10.2. The highest BCUT2D eigenvalue weighted by Crippen LogP contribution is 2.49. The van der Waals surface area contributed by atoms with Crippen LogP contribution in [0.2, 0.25) is 5.02 Å². The van der Waals surface area contributed by atoms with E-state index in [0.29, 0.717) is 41.6 Å². The molecule has 3 aromatic carbocycles. The van der Waals surface area contributed by atoms with E-state index >= 15 is 0 Å². The average Bonchev–Trinajstić information content (AvgIpc) is 3.14. The first-order valence-electron chi connectivity index (χ1n) is 12.9. The number of rotatable bonds is 5. The number of anilines is 1. The highest BCUT2D eigenvalue weighted by Gasteiger charge is 2.60. The van der Waals surface area contributed by atoms with Gasteiger partial charge >= 0.3 is 6.03 Å². The Labute approximate surface area is 227 Å². The molecule has 0 unspecified atom stereocenters. The summed E-state index contributed by atoms with van der Waals surface area (Å²) in [6, 6.07) is 20.5. The Bertz CT molecular complexity index is 1380. The Morgan fingerprint density at radius 2 is 1.66 bits per heavy atom. The Kier molecular flexibility index (Phi) is 6.28. The lowest BCUT2D eigenvalue weighted by Crippen LogP contribution is -2.58. The number of benzene rings is 3. The molecule has 0 aromatic heterocycles. The first-order chi connectivity index (χ1) is 18.4. The normalized spacial score (nSPS) is 23.0. The molecule has 2 saturated heterocycles. The molecule has 0 saturated carbocycles. The summed E-state index contributed by atoms with van der Waals surface area (Å²) in [6.07, 6.45) is 1.99. The van der Waals surface area contributed by atoms with Gasteiger partial charge in [0.15, 0.2) is 11.5 Å². The van der Waals surface area contributed by atoms with Gasteiger partial charge in [-0.3, -0.25) is 9.69 Å². The molecule has 196 valence electrons. The predicted molar refractivity (Wildman–Crippen MR) is 146 cm³/mol. The number of nitrogens with zero attached hydrogens (tertiary/aromatic N) is 3. The van der Waals surface area contributed by atoms with Crippen molar-refractivity contribution in [1.82, 2.24) is 9.80 Å². The van der Waals surface area contributed by atoms with Gasteiger partial charge in [-0.1, -0.05) is 41.9 Å². The lowest BCUT2D eigenvalue weighted by atomic mass is 9.76. The lowest BCUT2D eigenvalue weighted by molar-refractivity contribution is -0.129. The van der Waals surface area contributed by atoms with E-state index in [1.165, 1.54) is 10.5 Å². The van der Waals surface area contributed by atoms with Gasteiger partial charge in [0.05, 0.1) is 19.9 Å². The van der Waals surface area contributed by atoms with Crippen LogP contribution in [0, 0.1) is 0 Å². The molecule has 0 radical (unpaired) electrons. The first-order valence-corrected chi connectivity index (χ1v) is 13.3. The van der Waals surface area contributed by atoms with Crippen LogP contribution in [0.5, 0.6) is 11.5 Å². The Hall–Kier alpha value is -3.55. The molecule has 2 atom stereocenters. The van der Waals surface area contributed by atoms with E-state index in [1.54, 1.807) is 43.4 Å². The number of urea groups is 1. The van der Waals surface area contributed by atoms with Gasteiger partial charge in [0.1, 0.15) is 5.54 Å². The van der Waals surface area contributed by atoms with Crippen LogP contribution in [-0.4, -0.2) is 54.6 Å². The number of imide groups is 1. The SMILES string of the molecule is COc1cc2c(cc1OC)[C@@H]1C[C@]3(CCN1CC2)C(=O)N(c1ccc(Cl)cc1)C(=O)N3Cc1ccccc1. The summed E-state index contributed by atoms with van der Waals surface area (Å²) < 4.78 is 11.2. The first kappa shape index (κ1) is 24.8. The summed E-state index contributed by atoms with van der Waals surface area (Å²) in [5.41, 5.74) is 2.90. The van der Waals surface area contributed by atoms with Crippen LogP contribution in [0.15, 0.2) is 66.7 Å². The molecule has 0 bridgehead atoms.